The molecule has 0 saturated carbocycles. The van der Waals surface area contributed by atoms with Crippen molar-refractivity contribution >= 4 is 23.2 Å². The van der Waals surface area contributed by atoms with Crippen LogP contribution in [0.1, 0.15) is 25.3 Å². The van der Waals surface area contributed by atoms with E-state index in [4.69, 9.17) is 16.9 Å². The molecule has 1 N–H and O–H groups in total. The number of carbonyl (C=O) groups is 1. The smallest absolute Gasteiger partial charge is 0.325 e. The summed E-state index contributed by atoms with van der Waals surface area (Å²) in [5.74, 6) is -1.53. The number of alkyl halides is 3. The van der Waals surface area contributed by atoms with Gasteiger partial charge in [0.15, 0.2) is 0 Å². The average Bonchev–Trinajstić information content (AvgIpc) is 2.33. The van der Waals surface area contributed by atoms with Crippen molar-refractivity contribution in [2.75, 3.05) is 5.32 Å². The first-order chi connectivity index (χ1) is 9.27. The Morgan fingerprint density at radius 1 is 1.45 bits per heavy atom. The fourth-order valence-corrected chi connectivity index (χ4v) is 1.83. The summed E-state index contributed by atoms with van der Waals surface area (Å²) < 4.78 is 37.8. The predicted molar refractivity (Wildman–Crippen MR) is 69.1 cm³/mol. The number of hydrogen-bond donors (Lipinski definition) is 1. The molecule has 1 rings (SSSR count). The molecular formula is C13H12ClF3N2O. The monoisotopic (exact) mass is 304 g/mol. The molecule has 0 bridgehead atoms. The lowest BCUT2D eigenvalue weighted by molar-refractivity contribution is -0.137. The highest BCUT2D eigenvalue weighted by Crippen LogP contribution is 2.33. The fourth-order valence-electron chi connectivity index (χ4n) is 1.60. The first-order valence-electron chi connectivity index (χ1n) is 5.86. The summed E-state index contributed by atoms with van der Waals surface area (Å²) >= 11 is 5.60. The van der Waals surface area contributed by atoms with Crippen molar-refractivity contribution in [3.8, 4) is 6.07 Å². The van der Waals surface area contributed by atoms with Gasteiger partial charge in [0.25, 0.3) is 0 Å². The van der Waals surface area contributed by atoms with Gasteiger partial charge in [0.05, 0.1) is 11.6 Å². The molecule has 1 aromatic carbocycles. The van der Waals surface area contributed by atoms with Gasteiger partial charge in [0.1, 0.15) is 5.92 Å². The van der Waals surface area contributed by atoms with Crippen molar-refractivity contribution in [1.82, 2.24) is 0 Å². The molecule has 0 radical (unpaired) electrons. The standard InChI is InChI=1S/C13H12ClF3N2O/c1-2-3-8(7-18)12(20)19-11-5-9(13(15,16)17)4-10(14)6-11/h4-6,8H,2-3H2,1H3,(H,19,20). The van der Waals surface area contributed by atoms with Crippen LogP contribution in [-0.2, 0) is 11.0 Å². The zero-order valence-electron chi connectivity index (χ0n) is 10.6. The van der Waals surface area contributed by atoms with Gasteiger partial charge in [-0.1, -0.05) is 24.9 Å². The van der Waals surface area contributed by atoms with Gasteiger partial charge < -0.3 is 5.32 Å². The van der Waals surface area contributed by atoms with E-state index in [2.05, 4.69) is 5.32 Å². The molecule has 0 saturated heterocycles. The minimum Gasteiger partial charge on any atom is -0.325 e. The van der Waals surface area contributed by atoms with Crippen LogP contribution in [0.15, 0.2) is 18.2 Å². The summed E-state index contributed by atoms with van der Waals surface area (Å²) in [5, 5.41) is 11.0. The Balaban J connectivity index is 2.96. The van der Waals surface area contributed by atoms with E-state index in [1.54, 1.807) is 6.92 Å². The quantitative estimate of drug-likeness (QED) is 0.904. The Kier molecular flexibility index (Phi) is 5.40. The number of nitriles is 1. The first kappa shape index (κ1) is 16.3. The maximum atomic E-state index is 12.6. The second kappa shape index (κ2) is 6.62. The molecule has 20 heavy (non-hydrogen) atoms. The molecule has 0 aliphatic carbocycles. The number of anilines is 1. The van der Waals surface area contributed by atoms with Crippen LogP contribution in [0.25, 0.3) is 0 Å². The highest BCUT2D eigenvalue weighted by molar-refractivity contribution is 6.31. The molecule has 0 aliphatic rings. The van der Waals surface area contributed by atoms with Gasteiger partial charge in [-0.15, -0.1) is 0 Å². The summed E-state index contributed by atoms with van der Waals surface area (Å²) in [6, 6.07) is 4.57. The highest BCUT2D eigenvalue weighted by Gasteiger charge is 2.31. The summed E-state index contributed by atoms with van der Waals surface area (Å²) in [7, 11) is 0. The van der Waals surface area contributed by atoms with E-state index in [0.29, 0.717) is 12.8 Å². The Hall–Kier alpha value is -1.74. The maximum Gasteiger partial charge on any atom is 0.416 e. The summed E-state index contributed by atoms with van der Waals surface area (Å²) in [4.78, 5) is 11.7. The van der Waals surface area contributed by atoms with Crippen LogP contribution in [0.4, 0.5) is 18.9 Å². The van der Waals surface area contributed by atoms with Crippen LogP contribution in [0.2, 0.25) is 5.02 Å². The molecule has 1 atom stereocenters. The lowest BCUT2D eigenvalue weighted by Gasteiger charge is -2.12. The van der Waals surface area contributed by atoms with Crippen molar-refractivity contribution in [2.45, 2.75) is 25.9 Å². The predicted octanol–water partition coefficient (Wildman–Crippen LogP) is 4.24. The van der Waals surface area contributed by atoms with Crippen molar-refractivity contribution in [1.29, 1.82) is 5.26 Å². The zero-order valence-corrected chi connectivity index (χ0v) is 11.3. The molecule has 0 heterocycles. The van der Waals surface area contributed by atoms with Gasteiger partial charge in [-0.2, -0.15) is 18.4 Å². The number of nitrogens with one attached hydrogen (secondary N) is 1. The highest BCUT2D eigenvalue weighted by atomic mass is 35.5. The fraction of sp³-hybridized carbons (Fsp3) is 0.385. The van der Waals surface area contributed by atoms with Crippen molar-refractivity contribution in [2.24, 2.45) is 5.92 Å². The van der Waals surface area contributed by atoms with E-state index in [-0.39, 0.29) is 10.7 Å². The molecule has 0 aromatic heterocycles. The van der Waals surface area contributed by atoms with E-state index in [1.165, 1.54) is 6.07 Å². The minimum atomic E-state index is -4.55. The minimum absolute atomic E-state index is 0.0776. The molecule has 1 unspecified atom stereocenters. The molecule has 0 aliphatic heterocycles. The van der Waals surface area contributed by atoms with Gasteiger partial charge >= 0.3 is 6.18 Å². The second-order valence-corrected chi connectivity index (χ2v) is 4.62. The number of halogens is 4. The Labute approximate surface area is 119 Å². The Morgan fingerprint density at radius 3 is 2.60 bits per heavy atom. The van der Waals surface area contributed by atoms with Crippen LogP contribution >= 0.6 is 11.6 Å². The first-order valence-corrected chi connectivity index (χ1v) is 6.24. The number of rotatable bonds is 4. The molecule has 3 nitrogen and oxygen atoms in total. The van der Waals surface area contributed by atoms with Gasteiger partial charge in [-0.3, -0.25) is 4.79 Å². The molecule has 7 heteroatoms. The van der Waals surface area contributed by atoms with Crippen LogP contribution in [0, 0.1) is 17.2 Å². The number of hydrogen-bond acceptors (Lipinski definition) is 2. The molecule has 108 valence electrons. The molecule has 0 spiro atoms. The van der Waals surface area contributed by atoms with Crippen LogP contribution in [0.5, 0.6) is 0 Å². The molecule has 1 aromatic rings. The van der Waals surface area contributed by atoms with Crippen molar-refractivity contribution < 1.29 is 18.0 Å². The molecular weight excluding hydrogens is 293 g/mol. The third-order valence-electron chi connectivity index (χ3n) is 2.54. The van der Waals surface area contributed by atoms with E-state index >= 15 is 0 Å². The van der Waals surface area contributed by atoms with Gasteiger partial charge in [0.2, 0.25) is 5.91 Å². The normalized spacial score (nSPS) is 12.6. The maximum absolute atomic E-state index is 12.6. The van der Waals surface area contributed by atoms with E-state index < -0.39 is 23.6 Å². The topological polar surface area (TPSA) is 52.9 Å². The van der Waals surface area contributed by atoms with Gasteiger partial charge in [0, 0.05) is 10.7 Å². The van der Waals surface area contributed by atoms with E-state index in [0.717, 1.165) is 12.1 Å². The SMILES string of the molecule is CCCC(C#N)C(=O)Nc1cc(Cl)cc(C(F)(F)F)c1. The third-order valence-corrected chi connectivity index (χ3v) is 2.76. The zero-order chi connectivity index (χ0) is 15.3. The van der Waals surface area contributed by atoms with Crippen LogP contribution in [0.3, 0.4) is 0 Å². The van der Waals surface area contributed by atoms with Gasteiger partial charge in [-0.25, -0.2) is 0 Å². The van der Waals surface area contributed by atoms with Crippen LogP contribution in [-0.4, -0.2) is 5.91 Å². The third kappa shape index (κ3) is 4.42. The number of amides is 1. The summed E-state index contributed by atoms with van der Waals surface area (Å²) in [5.41, 5.74) is -1.03. The lowest BCUT2D eigenvalue weighted by atomic mass is 10.0. The number of benzene rings is 1. The Morgan fingerprint density at radius 2 is 2.10 bits per heavy atom. The van der Waals surface area contributed by atoms with Gasteiger partial charge in [-0.05, 0) is 24.6 Å². The van der Waals surface area contributed by atoms with Crippen LogP contribution < -0.4 is 5.32 Å². The van der Waals surface area contributed by atoms with E-state index in [9.17, 15) is 18.0 Å². The molecule has 1 amide bonds. The van der Waals surface area contributed by atoms with E-state index in [1.807, 2.05) is 6.07 Å². The average molecular weight is 305 g/mol. The summed E-state index contributed by atoms with van der Waals surface area (Å²) in [6.45, 7) is 1.80. The van der Waals surface area contributed by atoms with Crippen molar-refractivity contribution in [3.63, 3.8) is 0 Å². The second-order valence-electron chi connectivity index (χ2n) is 4.19. The number of carbonyl (C=O) groups excluding carboxylic acids is 1. The number of nitrogens with zero attached hydrogens (tertiary/aromatic N) is 1. The molecule has 0 fully saturated rings. The van der Waals surface area contributed by atoms with Crippen molar-refractivity contribution in [3.05, 3.63) is 28.8 Å². The Bertz CT molecular complexity index is 537. The lowest BCUT2D eigenvalue weighted by Crippen LogP contribution is -2.21. The largest absolute Gasteiger partial charge is 0.416 e. The summed E-state index contributed by atoms with van der Waals surface area (Å²) in [6.07, 6.45) is -3.59.